The lowest BCUT2D eigenvalue weighted by molar-refractivity contribution is 0.564. The lowest BCUT2D eigenvalue weighted by Crippen LogP contribution is -2.19. The summed E-state index contributed by atoms with van der Waals surface area (Å²) in [5.74, 6) is 0. The highest BCUT2D eigenvalue weighted by molar-refractivity contribution is 8.13. The van der Waals surface area contributed by atoms with Crippen molar-refractivity contribution in [1.29, 1.82) is 10.5 Å². The van der Waals surface area contributed by atoms with E-state index in [4.69, 9.17) is 10.5 Å². The molecule has 0 unspecified atom stereocenters. The van der Waals surface area contributed by atoms with Crippen molar-refractivity contribution < 1.29 is 0 Å². The summed E-state index contributed by atoms with van der Waals surface area (Å²) in [4.78, 5) is 13.1. The molecule has 0 bridgehead atoms. The Labute approximate surface area is 96.6 Å². The number of aromatic nitrogens is 2. The van der Waals surface area contributed by atoms with Gasteiger partial charge in [-0.25, -0.2) is 4.98 Å². The third kappa shape index (κ3) is 1.86. The first-order valence-corrected chi connectivity index (χ1v) is 5.40. The molecule has 0 saturated carbocycles. The number of hydrogen-bond donors (Lipinski definition) is 1. The van der Waals surface area contributed by atoms with Gasteiger partial charge in [-0.3, -0.25) is 4.99 Å². The molecule has 6 nitrogen and oxygen atoms in total. The van der Waals surface area contributed by atoms with Gasteiger partial charge >= 0.3 is 0 Å². The number of rotatable bonds is 1. The maximum Gasteiger partial charge on any atom is 0.177 e. The highest BCUT2D eigenvalue weighted by atomic mass is 32.2. The molecule has 80 valence electrons. The molecule has 1 aliphatic rings. The summed E-state index contributed by atoms with van der Waals surface area (Å²) in [6.07, 6.45) is 0. The quantitative estimate of drug-likeness (QED) is 0.763. The summed E-state index contributed by atoms with van der Waals surface area (Å²) in [6, 6.07) is 3.77. The first-order chi connectivity index (χ1) is 7.74. The van der Waals surface area contributed by atoms with E-state index in [1.54, 1.807) is 0 Å². The number of aliphatic imine (C=N–C) groups is 1. The number of nitriles is 2. The van der Waals surface area contributed by atoms with E-state index in [1.165, 1.54) is 11.8 Å². The van der Waals surface area contributed by atoms with Crippen LogP contribution in [0.15, 0.2) is 10.1 Å². The predicted molar refractivity (Wildman–Crippen MR) is 58.8 cm³/mol. The number of hydrogen-bond acceptors (Lipinski definition) is 6. The lowest BCUT2D eigenvalue weighted by atomic mass is 10.4. The summed E-state index contributed by atoms with van der Waals surface area (Å²) in [5, 5.41) is 18.9. The number of H-pyrrole nitrogens is 1. The average molecular weight is 232 g/mol. The van der Waals surface area contributed by atoms with Crippen molar-refractivity contribution in [1.82, 2.24) is 14.9 Å². The van der Waals surface area contributed by atoms with Crippen LogP contribution in [0.1, 0.15) is 11.4 Å². The van der Waals surface area contributed by atoms with Crippen LogP contribution in [-0.4, -0.2) is 40.2 Å². The number of nitrogens with zero attached hydrogens (tertiary/aromatic N) is 5. The van der Waals surface area contributed by atoms with Crippen LogP contribution in [0.5, 0.6) is 0 Å². The largest absolute Gasteiger partial charge is 0.352 e. The number of aromatic amines is 1. The molecule has 0 fully saturated rings. The van der Waals surface area contributed by atoms with Gasteiger partial charge in [0, 0.05) is 13.6 Å². The Balaban J connectivity index is 2.21. The second-order valence-corrected chi connectivity index (χ2v) is 4.13. The number of amidine groups is 1. The van der Waals surface area contributed by atoms with Gasteiger partial charge in [-0.1, -0.05) is 0 Å². The van der Waals surface area contributed by atoms with Gasteiger partial charge in [-0.15, -0.1) is 0 Å². The van der Waals surface area contributed by atoms with E-state index in [-0.39, 0.29) is 11.4 Å². The van der Waals surface area contributed by atoms with Gasteiger partial charge in [0.25, 0.3) is 0 Å². The van der Waals surface area contributed by atoms with Crippen molar-refractivity contribution in [2.24, 2.45) is 4.99 Å². The highest BCUT2D eigenvalue weighted by Gasteiger charge is 2.17. The molecule has 2 rings (SSSR count). The third-order valence-corrected chi connectivity index (χ3v) is 3.11. The zero-order chi connectivity index (χ0) is 11.5. The average Bonchev–Trinajstić information content (AvgIpc) is 2.86. The molecule has 1 aromatic rings. The Kier molecular flexibility index (Phi) is 2.80. The molecule has 7 heteroatoms. The molecule has 1 aliphatic heterocycles. The number of likely N-dealkylation sites (N-methyl/N-ethyl adjacent to an activating group) is 1. The van der Waals surface area contributed by atoms with E-state index in [1.807, 2.05) is 24.1 Å². The van der Waals surface area contributed by atoms with Gasteiger partial charge in [-0.05, 0) is 11.8 Å². The van der Waals surface area contributed by atoms with Crippen molar-refractivity contribution in [3.63, 3.8) is 0 Å². The van der Waals surface area contributed by atoms with Crippen LogP contribution >= 0.6 is 11.8 Å². The number of thioether (sulfide) groups is 1. The smallest absolute Gasteiger partial charge is 0.177 e. The van der Waals surface area contributed by atoms with Crippen molar-refractivity contribution in [3.05, 3.63) is 11.4 Å². The maximum absolute atomic E-state index is 8.75. The second-order valence-electron chi connectivity index (χ2n) is 3.18. The van der Waals surface area contributed by atoms with Crippen LogP contribution < -0.4 is 0 Å². The van der Waals surface area contributed by atoms with Gasteiger partial charge in [0.2, 0.25) is 0 Å². The lowest BCUT2D eigenvalue weighted by Gasteiger charge is -2.10. The van der Waals surface area contributed by atoms with Crippen LogP contribution in [0.25, 0.3) is 0 Å². The van der Waals surface area contributed by atoms with Gasteiger partial charge < -0.3 is 9.88 Å². The first kappa shape index (κ1) is 10.5. The fourth-order valence-electron chi connectivity index (χ4n) is 1.27. The number of imidazole rings is 1. The zero-order valence-corrected chi connectivity index (χ0v) is 9.38. The molecule has 0 atom stereocenters. The molecular weight excluding hydrogens is 224 g/mol. The molecule has 2 heterocycles. The Bertz CT molecular complexity index is 486. The minimum absolute atomic E-state index is 0.131. The normalized spacial score (nSPS) is 14.4. The van der Waals surface area contributed by atoms with E-state index in [2.05, 4.69) is 15.0 Å². The summed E-state index contributed by atoms with van der Waals surface area (Å²) < 4.78 is 0. The SMILES string of the molecule is CN1CCN=C1Sc1nc(C#N)c(C#N)[nH]1. The Hall–Kier alpha value is -1.99. The number of nitrogens with one attached hydrogen (secondary N) is 1. The molecule has 1 N–H and O–H groups in total. The van der Waals surface area contributed by atoms with Crippen LogP contribution in [0.3, 0.4) is 0 Å². The van der Waals surface area contributed by atoms with Crippen molar-refractivity contribution in [2.75, 3.05) is 20.1 Å². The Morgan fingerprint density at radius 3 is 2.75 bits per heavy atom. The van der Waals surface area contributed by atoms with Gasteiger partial charge in [-0.2, -0.15) is 10.5 Å². The minimum atomic E-state index is 0.131. The molecule has 0 radical (unpaired) electrons. The Morgan fingerprint density at radius 1 is 1.44 bits per heavy atom. The van der Waals surface area contributed by atoms with E-state index in [0.717, 1.165) is 18.3 Å². The summed E-state index contributed by atoms with van der Waals surface area (Å²) in [7, 11) is 1.94. The van der Waals surface area contributed by atoms with Gasteiger partial charge in [0.05, 0.1) is 6.54 Å². The Morgan fingerprint density at radius 2 is 2.25 bits per heavy atom. The van der Waals surface area contributed by atoms with Crippen LogP contribution in [0.4, 0.5) is 0 Å². The standard InChI is InChI=1S/C9H8N6S/c1-15-3-2-12-9(15)16-8-13-6(4-10)7(5-11)14-8/h2-3H2,1H3,(H,13,14). The molecule has 16 heavy (non-hydrogen) atoms. The molecule has 0 aliphatic carbocycles. The highest BCUT2D eigenvalue weighted by Crippen LogP contribution is 2.21. The van der Waals surface area contributed by atoms with E-state index in [9.17, 15) is 0 Å². The molecule has 0 saturated heterocycles. The summed E-state index contributed by atoms with van der Waals surface area (Å²) in [6.45, 7) is 1.66. The fraction of sp³-hybridized carbons (Fsp3) is 0.333. The fourth-order valence-corrected chi connectivity index (χ4v) is 2.14. The third-order valence-electron chi connectivity index (χ3n) is 2.10. The van der Waals surface area contributed by atoms with E-state index in [0.29, 0.717) is 5.16 Å². The van der Waals surface area contributed by atoms with E-state index >= 15 is 0 Å². The van der Waals surface area contributed by atoms with Crippen molar-refractivity contribution >= 4 is 16.9 Å². The van der Waals surface area contributed by atoms with E-state index < -0.39 is 0 Å². The molecular formula is C9H8N6S. The van der Waals surface area contributed by atoms with Crippen LogP contribution in [0.2, 0.25) is 0 Å². The van der Waals surface area contributed by atoms with Crippen molar-refractivity contribution in [3.8, 4) is 12.1 Å². The van der Waals surface area contributed by atoms with Crippen LogP contribution in [0, 0.1) is 22.7 Å². The van der Waals surface area contributed by atoms with Crippen LogP contribution in [-0.2, 0) is 0 Å². The van der Waals surface area contributed by atoms with Gasteiger partial charge in [0.15, 0.2) is 21.7 Å². The monoisotopic (exact) mass is 232 g/mol. The topological polar surface area (TPSA) is 91.9 Å². The zero-order valence-electron chi connectivity index (χ0n) is 8.56. The first-order valence-electron chi connectivity index (χ1n) is 4.58. The molecule has 0 spiro atoms. The second kappa shape index (κ2) is 4.25. The minimum Gasteiger partial charge on any atom is -0.352 e. The molecule has 1 aromatic heterocycles. The van der Waals surface area contributed by atoms with Crippen molar-refractivity contribution in [2.45, 2.75) is 5.16 Å². The molecule has 0 aromatic carbocycles. The molecule has 0 amide bonds. The van der Waals surface area contributed by atoms with Gasteiger partial charge in [0.1, 0.15) is 12.1 Å². The maximum atomic E-state index is 8.75. The summed E-state index contributed by atoms with van der Waals surface area (Å²) >= 11 is 1.33. The predicted octanol–water partition coefficient (Wildman–Crippen LogP) is 0.547. The summed E-state index contributed by atoms with van der Waals surface area (Å²) in [5.41, 5.74) is 0.331.